The Morgan fingerprint density at radius 2 is 1.65 bits per heavy atom. The van der Waals surface area contributed by atoms with Gasteiger partial charge in [0.15, 0.2) is 11.5 Å². The quantitative estimate of drug-likeness (QED) is 0.368. The Kier molecular flexibility index (Phi) is 7.44. The van der Waals surface area contributed by atoms with Crippen molar-refractivity contribution in [1.82, 2.24) is 0 Å². The molecule has 4 rings (SSSR count). The highest BCUT2D eigenvalue weighted by Gasteiger charge is 2.40. The lowest BCUT2D eigenvalue weighted by Gasteiger charge is -2.29. The summed E-state index contributed by atoms with van der Waals surface area (Å²) in [4.78, 5) is 12.7. The van der Waals surface area contributed by atoms with Crippen molar-refractivity contribution < 1.29 is 57.8 Å². The molecular weight excluding hydrogens is 580 g/mol. The standard InChI is InChI=1S/C24H16F8N2O5S/c25-19-16(23(27,28)29)6-4-14(18(19)22(35)34-11-2-1-3-12(10-11)40(33,36)37)13-8-9-38-21-15(13)5-7-17(20(21)26)39-24(30,31)32/h1-7,10,13H,8-9H2,(H,34,35)(H2,33,36,37). The van der Waals surface area contributed by atoms with E-state index in [1.54, 1.807) is 0 Å². The first-order chi connectivity index (χ1) is 18.5. The van der Waals surface area contributed by atoms with Crippen molar-refractivity contribution in [2.75, 3.05) is 11.9 Å². The number of fused-ring (bicyclic) bond motifs is 1. The van der Waals surface area contributed by atoms with E-state index in [1.807, 2.05) is 0 Å². The summed E-state index contributed by atoms with van der Waals surface area (Å²) in [5.74, 6) is -8.11. The number of carbonyl (C=O) groups is 1. The number of benzene rings is 3. The first kappa shape index (κ1) is 29.1. The molecule has 1 heterocycles. The van der Waals surface area contributed by atoms with Gasteiger partial charge in [0.05, 0.1) is 22.6 Å². The number of hydrogen-bond donors (Lipinski definition) is 2. The van der Waals surface area contributed by atoms with Crippen molar-refractivity contribution in [3.05, 3.63) is 82.4 Å². The Bertz CT molecular complexity index is 1590. The molecule has 0 aliphatic carbocycles. The molecule has 3 N–H and O–H groups in total. The van der Waals surface area contributed by atoms with Crippen LogP contribution in [-0.2, 0) is 16.2 Å². The average molecular weight is 596 g/mol. The minimum absolute atomic E-state index is 0.127. The SMILES string of the molecule is NS(=O)(=O)c1cccc(NC(=O)c2c(C3CCOc4c3ccc(OC(F)(F)F)c4F)ccc(C(F)(F)F)c2F)c1. The van der Waals surface area contributed by atoms with Crippen molar-refractivity contribution in [3.63, 3.8) is 0 Å². The largest absolute Gasteiger partial charge is 0.573 e. The first-order valence-electron chi connectivity index (χ1n) is 11.0. The van der Waals surface area contributed by atoms with Gasteiger partial charge in [-0.25, -0.2) is 17.9 Å². The monoisotopic (exact) mass is 596 g/mol. The summed E-state index contributed by atoms with van der Waals surface area (Å²) in [6.45, 7) is -0.357. The lowest BCUT2D eigenvalue weighted by atomic mass is 9.83. The molecule has 3 aromatic rings. The third kappa shape index (κ3) is 5.96. The number of nitrogens with two attached hydrogens (primary N) is 1. The van der Waals surface area contributed by atoms with Crippen molar-refractivity contribution >= 4 is 21.6 Å². The predicted molar refractivity (Wildman–Crippen MR) is 122 cm³/mol. The number of sulfonamides is 1. The van der Waals surface area contributed by atoms with Crippen LogP contribution in [0.3, 0.4) is 0 Å². The van der Waals surface area contributed by atoms with Crippen LogP contribution in [0.1, 0.15) is 39.4 Å². The maximum atomic E-state index is 15.4. The van der Waals surface area contributed by atoms with Crippen molar-refractivity contribution in [2.45, 2.75) is 29.8 Å². The molecule has 1 unspecified atom stereocenters. The summed E-state index contributed by atoms with van der Waals surface area (Å²) < 4.78 is 141. The fourth-order valence-corrected chi connectivity index (χ4v) is 4.77. The fourth-order valence-electron chi connectivity index (χ4n) is 4.21. The lowest BCUT2D eigenvalue weighted by Crippen LogP contribution is -2.24. The predicted octanol–water partition coefficient (Wildman–Crippen LogP) is 5.70. The number of anilines is 1. The zero-order valence-electron chi connectivity index (χ0n) is 19.7. The number of carbonyl (C=O) groups excluding carboxylic acids is 1. The summed E-state index contributed by atoms with van der Waals surface area (Å²) >= 11 is 0. The first-order valence-corrected chi connectivity index (χ1v) is 12.6. The smallest absolute Gasteiger partial charge is 0.490 e. The number of nitrogens with one attached hydrogen (secondary N) is 1. The number of primary sulfonamides is 1. The molecule has 3 aromatic carbocycles. The van der Waals surface area contributed by atoms with E-state index in [0.717, 1.165) is 30.3 Å². The van der Waals surface area contributed by atoms with Gasteiger partial charge in [0, 0.05) is 17.2 Å². The normalized spacial score (nSPS) is 15.7. The van der Waals surface area contributed by atoms with Gasteiger partial charge >= 0.3 is 12.5 Å². The second-order valence-electron chi connectivity index (χ2n) is 8.45. The highest BCUT2D eigenvalue weighted by molar-refractivity contribution is 7.89. The van der Waals surface area contributed by atoms with Crippen LogP contribution >= 0.6 is 0 Å². The van der Waals surface area contributed by atoms with Gasteiger partial charge in [0.25, 0.3) is 5.91 Å². The van der Waals surface area contributed by atoms with Gasteiger partial charge < -0.3 is 14.8 Å². The molecular formula is C24H16F8N2O5S. The number of halogens is 8. The van der Waals surface area contributed by atoms with Crippen LogP contribution in [0.2, 0.25) is 0 Å². The van der Waals surface area contributed by atoms with Gasteiger partial charge in [0.2, 0.25) is 15.8 Å². The Morgan fingerprint density at radius 1 is 0.975 bits per heavy atom. The molecule has 16 heteroatoms. The van der Waals surface area contributed by atoms with Crippen LogP contribution < -0.4 is 19.9 Å². The molecule has 0 bridgehead atoms. The van der Waals surface area contributed by atoms with Crippen molar-refractivity contribution in [1.29, 1.82) is 0 Å². The van der Waals surface area contributed by atoms with Crippen LogP contribution in [0.5, 0.6) is 11.5 Å². The maximum absolute atomic E-state index is 15.4. The molecule has 1 aliphatic heterocycles. The molecule has 0 spiro atoms. The van der Waals surface area contributed by atoms with E-state index in [1.165, 1.54) is 6.07 Å². The summed E-state index contributed by atoms with van der Waals surface area (Å²) in [6.07, 6.45) is -10.6. The van der Waals surface area contributed by atoms with Gasteiger partial charge in [-0.15, -0.1) is 13.2 Å². The van der Waals surface area contributed by atoms with Crippen LogP contribution in [0.15, 0.2) is 53.4 Å². The van der Waals surface area contributed by atoms with Gasteiger partial charge in [-0.05, 0) is 42.3 Å². The van der Waals surface area contributed by atoms with E-state index in [2.05, 4.69) is 10.1 Å². The summed E-state index contributed by atoms with van der Waals surface area (Å²) in [5, 5.41) is 7.17. The fraction of sp³-hybridized carbons (Fsp3) is 0.208. The van der Waals surface area contributed by atoms with E-state index < -0.39 is 73.5 Å². The second kappa shape index (κ2) is 10.2. The van der Waals surface area contributed by atoms with E-state index in [-0.39, 0.29) is 29.8 Å². The molecule has 0 aromatic heterocycles. The highest BCUT2D eigenvalue weighted by Crippen LogP contribution is 2.45. The van der Waals surface area contributed by atoms with Gasteiger partial charge in [-0.1, -0.05) is 18.2 Å². The van der Waals surface area contributed by atoms with Gasteiger partial charge in [-0.3, -0.25) is 4.79 Å². The van der Waals surface area contributed by atoms with E-state index in [4.69, 9.17) is 9.88 Å². The Hall–Kier alpha value is -3.92. The second-order valence-corrected chi connectivity index (χ2v) is 10.0. The molecule has 1 aliphatic rings. The average Bonchev–Trinajstić information content (AvgIpc) is 2.83. The number of ether oxygens (including phenoxy) is 2. The van der Waals surface area contributed by atoms with Gasteiger partial charge in [-0.2, -0.15) is 17.6 Å². The van der Waals surface area contributed by atoms with E-state index in [0.29, 0.717) is 12.1 Å². The number of hydrogen-bond acceptors (Lipinski definition) is 5. The van der Waals surface area contributed by atoms with Crippen LogP contribution in [0.4, 0.5) is 40.8 Å². The lowest BCUT2D eigenvalue weighted by molar-refractivity contribution is -0.275. The topological polar surface area (TPSA) is 108 Å². The highest BCUT2D eigenvalue weighted by atomic mass is 32.2. The molecule has 1 amide bonds. The molecule has 214 valence electrons. The van der Waals surface area contributed by atoms with E-state index in [9.17, 15) is 43.9 Å². The van der Waals surface area contributed by atoms with Gasteiger partial charge in [0.1, 0.15) is 5.82 Å². The molecule has 0 fully saturated rings. The summed E-state index contributed by atoms with van der Waals surface area (Å²) in [7, 11) is -4.24. The maximum Gasteiger partial charge on any atom is 0.573 e. The molecule has 7 nitrogen and oxygen atoms in total. The van der Waals surface area contributed by atoms with Crippen LogP contribution in [0, 0.1) is 11.6 Å². The zero-order chi connectivity index (χ0) is 29.6. The van der Waals surface area contributed by atoms with Crippen molar-refractivity contribution in [3.8, 4) is 11.5 Å². The minimum atomic E-state index is -5.24. The van der Waals surface area contributed by atoms with Crippen LogP contribution in [-0.4, -0.2) is 27.3 Å². The Morgan fingerprint density at radius 3 is 2.27 bits per heavy atom. The number of amides is 1. The van der Waals surface area contributed by atoms with Crippen LogP contribution in [0.25, 0.3) is 0 Å². The summed E-state index contributed by atoms with van der Waals surface area (Å²) in [5.41, 5.74) is -3.70. The molecule has 0 radical (unpaired) electrons. The Labute approximate surface area is 220 Å². The third-order valence-electron chi connectivity index (χ3n) is 5.85. The van der Waals surface area contributed by atoms with E-state index >= 15 is 4.39 Å². The molecule has 0 saturated heterocycles. The van der Waals surface area contributed by atoms with Crippen molar-refractivity contribution in [2.24, 2.45) is 5.14 Å². The number of alkyl halides is 6. The molecule has 0 saturated carbocycles. The Balaban J connectivity index is 1.84. The molecule has 1 atom stereocenters. The summed E-state index contributed by atoms with van der Waals surface area (Å²) in [6, 6.07) is 7.02. The molecule has 40 heavy (non-hydrogen) atoms. The minimum Gasteiger partial charge on any atom is -0.490 e. The third-order valence-corrected chi connectivity index (χ3v) is 6.76. The zero-order valence-corrected chi connectivity index (χ0v) is 20.5. The number of rotatable bonds is 5.